The molecule has 1 aromatic heterocycles. The zero-order valence-electron chi connectivity index (χ0n) is 10.3. The molecule has 0 aliphatic carbocycles. The summed E-state index contributed by atoms with van der Waals surface area (Å²) in [6, 6.07) is 1.82. The van der Waals surface area contributed by atoms with Crippen molar-refractivity contribution in [2.24, 2.45) is 0 Å². The summed E-state index contributed by atoms with van der Waals surface area (Å²) in [4.78, 5) is 23.3. The number of aliphatic carboxylic acids is 1. The number of carbonyl (C=O) groups is 2. The largest absolute Gasteiger partial charge is 0.479 e. The number of nitrogens with one attached hydrogen (secondary N) is 1. The van der Waals surface area contributed by atoms with E-state index in [4.69, 9.17) is 9.84 Å². The number of rotatable bonds is 4. The molecule has 104 valence electrons. The lowest BCUT2D eigenvalue weighted by atomic mass is 10.2. The average molecular weight is 348 g/mol. The van der Waals surface area contributed by atoms with E-state index in [-0.39, 0.29) is 12.0 Å². The van der Waals surface area contributed by atoms with E-state index in [2.05, 4.69) is 21.2 Å². The van der Waals surface area contributed by atoms with Gasteiger partial charge in [0.2, 0.25) is 0 Å². The van der Waals surface area contributed by atoms with Crippen molar-refractivity contribution in [3.63, 3.8) is 0 Å². The summed E-state index contributed by atoms with van der Waals surface area (Å²) in [5, 5.41) is 11.6. The number of hydrogen-bond acceptors (Lipinski definition) is 4. The van der Waals surface area contributed by atoms with Crippen molar-refractivity contribution in [3.05, 3.63) is 20.3 Å². The Bertz CT molecular complexity index is 482. The van der Waals surface area contributed by atoms with Crippen LogP contribution in [-0.4, -0.2) is 35.7 Å². The molecule has 2 atom stereocenters. The predicted molar refractivity (Wildman–Crippen MR) is 74.6 cm³/mol. The second-order valence-electron chi connectivity index (χ2n) is 4.44. The van der Waals surface area contributed by atoms with Gasteiger partial charge in [0.15, 0.2) is 6.10 Å². The quantitative estimate of drug-likeness (QED) is 0.875. The van der Waals surface area contributed by atoms with Gasteiger partial charge in [-0.25, -0.2) is 4.79 Å². The Labute approximate surface area is 123 Å². The highest BCUT2D eigenvalue weighted by Gasteiger charge is 2.30. The molecule has 0 spiro atoms. The fraction of sp³-hybridized carbons (Fsp3) is 0.500. The first-order chi connectivity index (χ1) is 8.97. The van der Waals surface area contributed by atoms with Gasteiger partial charge in [0.1, 0.15) is 0 Å². The van der Waals surface area contributed by atoms with Crippen LogP contribution in [0, 0.1) is 6.92 Å². The summed E-state index contributed by atoms with van der Waals surface area (Å²) in [5.41, 5.74) is 1.03. The van der Waals surface area contributed by atoms with Gasteiger partial charge in [-0.15, -0.1) is 11.3 Å². The smallest absolute Gasteiger partial charge is 0.332 e. The van der Waals surface area contributed by atoms with Crippen LogP contribution < -0.4 is 5.32 Å². The monoisotopic (exact) mass is 347 g/mol. The zero-order valence-corrected chi connectivity index (χ0v) is 12.7. The number of thiophene rings is 1. The van der Waals surface area contributed by atoms with Gasteiger partial charge in [-0.3, -0.25) is 4.79 Å². The molecule has 1 aliphatic rings. The first-order valence-corrected chi connectivity index (χ1v) is 7.50. The van der Waals surface area contributed by atoms with Crippen molar-refractivity contribution in [2.75, 3.05) is 6.54 Å². The molecule has 1 aromatic rings. The van der Waals surface area contributed by atoms with E-state index in [0.717, 1.165) is 9.35 Å². The van der Waals surface area contributed by atoms with Crippen LogP contribution in [0.2, 0.25) is 0 Å². The number of carboxylic acid groups (broad SMARTS) is 1. The molecule has 19 heavy (non-hydrogen) atoms. The lowest BCUT2D eigenvalue weighted by Gasteiger charge is -2.11. The van der Waals surface area contributed by atoms with Gasteiger partial charge >= 0.3 is 5.97 Å². The maximum atomic E-state index is 11.9. The molecule has 2 N–H and O–H groups in total. The summed E-state index contributed by atoms with van der Waals surface area (Å²) in [5.74, 6) is -1.09. The van der Waals surface area contributed by atoms with E-state index < -0.39 is 12.1 Å². The Morgan fingerprint density at radius 2 is 2.32 bits per heavy atom. The lowest BCUT2D eigenvalue weighted by molar-refractivity contribution is -0.149. The Balaban J connectivity index is 1.83. The van der Waals surface area contributed by atoms with E-state index in [1.165, 1.54) is 11.3 Å². The third-order valence-electron chi connectivity index (χ3n) is 2.95. The van der Waals surface area contributed by atoms with Gasteiger partial charge in [0, 0.05) is 6.54 Å². The van der Waals surface area contributed by atoms with Crippen LogP contribution in [0.15, 0.2) is 9.85 Å². The van der Waals surface area contributed by atoms with Gasteiger partial charge < -0.3 is 15.2 Å². The van der Waals surface area contributed by atoms with Crippen LogP contribution in [0.25, 0.3) is 0 Å². The summed E-state index contributed by atoms with van der Waals surface area (Å²) in [6.07, 6.45) is 0.207. The topological polar surface area (TPSA) is 75.6 Å². The van der Waals surface area contributed by atoms with Crippen molar-refractivity contribution in [2.45, 2.75) is 32.0 Å². The van der Waals surface area contributed by atoms with Gasteiger partial charge in [-0.1, -0.05) is 0 Å². The molecule has 1 saturated heterocycles. The number of carboxylic acids is 1. The van der Waals surface area contributed by atoms with Gasteiger partial charge in [-0.2, -0.15) is 0 Å². The summed E-state index contributed by atoms with van der Waals surface area (Å²) < 4.78 is 6.26. The molecule has 0 aromatic carbocycles. The third kappa shape index (κ3) is 3.55. The molecular formula is C12H14BrNO4S. The predicted octanol–water partition coefficient (Wildman–Crippen LogP) is 2.18. The zero-order chi connectivity index (χ0) is 14.0. The van der Waals surface area contributed by atoms with Crippen molar-refractivity contribution < 1.29 is 19.4 Å². The minimum Gasteiger partial charge on any atom is -0.479 e. The minimum atomic E-state index is -0.938. The van der Waals surface area contributed by atoms with Crippen molar-refractivity contribution in [1.29, 1.82) is 0 Å². The molecule has 7 heteroatoms. The number of amides is 1. The van der Waals surface area contributed by atoms with Crippen LogP contribution in [-0.2, 0) is 9.53 Å². The fourth-order valence-electron chi connectivity index (χ4n) is 1.90. The normalized spacial score (nSPS) is 22.4. The molecular weight excluding hydrogens is 334 g/mol. The average Bonchev–Trinajstić information content (AvgIpc) is 2.94. The van der Waals surface area contributed by atoms with Gasteiger partial charge in [0.25, 0.3) is 5.91 Å². The molecule has 0 bridgehead atoms. The first kappa shape index (κ1) is 14.5. The molecule has 2 heterocycles. The maximum Gasteiger partial charge on any atom is 0.332 e. The van der Waals surface area contributed by atoms with E-state index in [9.17, 15) is 9.59 Å². The molecule has 5 nitrogen and oxygen atoms in total. The molecule has 1 fully saturated rings. The molecule has 2 unspecified atom stereocenters. The fourth-order valence-corrected chi connectivity index (χ4v) is 3.35. The van der Waals surface area contributed by atoms with E-state index in [1.54, 1.807) is 0 Å². The summed E-state index contributed by atoms with van der Waals surface area (Å²) in [7, 11) is 0. The number of aryl methyl sites for hydroxylation is 1. The highest BCUT2D eigenvalue weighted by Crippen LogP contribution is 2.27. The van der Waals surface area contributed by atoms with Crippen molar-refractivity contribution >= 4 is 39.1 Å². The standard InChI is InChI=1S/C12H14BrNO4S/c1-6-4-9(19-10(6)13)11(15)14-5-7-2-3-8(18-7)12(16)17/h4,7-8H,2-3,5H2,1H3,(H,14,15)(H,16,17). The minimum absolute atomic E-state index is 0.152. The third-order valence-corrected chi connectivity index (χ3v) is 5.09. The maximum absolute atomic E-state index is 11.9. The Morgan fingerprint density at radius 1 is 1.58 bits per heavy atom. The highest BCUT2D eigenvalue weighted by atomic mass is 79.9. The van der Waals surface area contributed by atoms with Crippen LogP contribution in [0.1, 0.15) is 28.1 Å². The van der Waals surface area contributed by atoms with Crippen LogP contribution in [0.4, 0.5) is 0 Å². The summed E-state index contributed by atoms with van der Waals surface area (Å²) >= 11 is 4.75. The van der Waals surface area contributed by atoms with Gasteiger partial charge in [-0.05, 0) is 47.3 Å². The van der Waals surface area contributed by atoms with E-state index >= 15 is 0 Å². The summed E-state index contributed by atoms with van der Waals surface area (Å²) in [6.45, 7) is 2.27. The molecule has 1 amide bonds. The van der Waals surface area contributed by atoms with E-state index in [1.807, 2.05) is 13.0 Å². The molecule has 2 rings (SSSR count). The Morgan fingerprint density at radius 3 is 2.84 bits per heavy atom. The van der Waals surface area contributed by atoms with Crippen molar-refractivity contribution in [1.82, 2.24) is 5.32 Å². The highest BCUT2D eigenvalue weighted by molar-refractivity contribution is 9.11. The van der Waals surface area contributed by atoms with Crippen LogP contribution in [0.3, 0.4) is 0 Å². The Hall–Kier alpha value is -0.920. The van der Waals surface area contributed by atoms with Crippen LogP contribution >= 0.6 is 27.3 Å². The number of ether oxygens (including phenoxy) is 1. The number of carbonyl (C=O) groups excluding carboxylic acids is 1. The lowest BCUT2D eigenvalue weighted by Crippen LogP contribution is -2.32. The molecule has 0 radical (unpaired) electrons. The van der Waals surface area contributed by atoms with Crippen LogP contribution in [0.5, 0.6) is 0 Å². The number of halogens is 1. The number of hydrogen-bond donors (Lipinski definition) is 2. The van der Waals surface area contributed by atoms with Crippen molar-refractivity contribution in [3.8, 4) is 0 Å². The first-order valence-electron chi connectivity index (χ1n) is 5.89. The van der Waals surface area contributed by atoms with E-state index in [0.29, 0.717) is 24.3 Å². The molecule has 0 saturated carbocycles. The second-order valence-corrected chi connectivity index (χ2v) is 6.81. The second kappa shape index (κ2) is 6.02. The van der Waals surface area contributed by atoms with Gasteiger partial charge in [0.05, 0.1) is 14.8 Å². The Kier molecular flexibility index (Phi) is 4.59. The molecule has 1 aliphatic heterocycles. The SMILES string of the molecule is Cc1cc(C(=O)NCC2CCC(C(=O)O)O2)sc1Br.